The number of nitrogens with zero attached hydrogens (tertiary/aromatic N) is 2. The van der Waals surface area contributed by atoms with Crippen LogP contribution in [0.1, 0.15) is 5.69 Å². The van der Waals surface area contributed by atoms with Crippen molar-refractivity contribution in [1.29, 1.82) is 0 Å². The fourth-order valence-corrected chi connectivity index (χ4v) is 4.00. The minimum atomic E-state index is -0.250. The Morgan fingerprint density at radius 1 is 1.07 bits per heavy atom. The largest absolute Gasteiger partial charge is 0.495 e. The maximum absolute atomic E-state index is 13.5. The van der Waals surface area contributed by atoms with E-state index in [1.54, 1.807) is 30.0 Å². The van der Waals surface area contributed by atoms with E-state index in [1.807, 2.05) is 13.1 Å². The van der Waals surface area contributed by atoms with Crippen molar-refractivity contribution in [1.82, 2.24) is 14.9 Å². The summed E-state index contributed by atoms with van der Waals surface area (Å²) in [5, 5.41) is 4.31. The Kier molecular flexibility index (Phi) is 7.20. The van der Waals surface area contributed by atoms with Crippen LogP contribution in [0.2, 0.25) is 10.0 Å². The van der Waals surface area contributed by atoms with Crippen molar-refractivity contribution in [3.05, 3.63) is 50.5 Å². The highest BCUT2D eigenvalue weighted by atomic mass is 35.5. The molecule has 0 atom stereocenters. The molecule has 30 heavy (non-hydrogen) atoms. The predicted molar refractivity (Wildman–Crippen MR) is 119 cm³/mol. The summed E-state index contributed by atoms with van der Waals surface area (Å²) < 4.78 is 17.6. The molecule has 160 valence electrons. The zero-order valence-corrected chi connectivity index (χ0v) is 18.7. The van der Waals surface area contributed by atoms with Crippen LogP contribution in [0.4, 0.5) is 0 Å². The number of methoxy groups -OCH3 is 3. The second kappa shape index (κ2) is 9.66. The topological polar surface area (TPSA) is 74.6 Å². The highest BCUT2D eigenvalue weighted by molar-refractivity contribution is 6.41. The molecule has 0 aliphatic heterocycles. The Hall–Kier alpha value is -2.32. The van der Waals surface area contributed by atoms with Gasteiger partial charge in [-0.05, 0) is 19.2 Å². The smallest absolute Gasteiger partial charge is 0.259 e. The predicted octanol–water partition coefficient (Wildman–Crippen LogP) is 3.75. The monoisotopic (exact) mass is 451 g/mol. The molecule has 0 aliphatic carbocycles. The second-order valence-electron chi connectivity index (χ2n) is 6.56. The molecule has 1 aromatic carbocycles. The average molecular weight is 452 g/mol. The lowest BCUT2D eigenvalue weighted by Gasteiger charge is -2.17. The van der Waals surface area contributed by atoms with E-state index in [-0.39, 0.29) is 15.6 Å². The molecule has 3 aromatic rings. The number of hydrogen-bond donors (Lipinski definition) is 1. The van der Waals surface area contributed by atoms with E-state index >= 15 is 0 Å². The number of ether oxygens (including phenoxy) is 3. The van der Waals surface area contributed by atoms with Crippen molar-refractivity contribution in [2.45, 2.75) is 13.1 Å². The summed E-state index contributed by atoms with van der Waals surface area (Å²) in [5.41, 5.74) is 2.01. The molecule has 2 heterocycles. The molecule has 0 saturated heterocycles. The van der Waals surface area contributed by atoms with Crippen LogP contribution < -0.4 is 20.3 Å². The van der Waals surface area contributed by atoms with Gasteiger partial charge in [0.25, 0.3) is 5.56 Å². The quantitative estimate of drug-likeness (QED) is 0.561. The number of nitrogens with one attached hydrogen (secondary N) is 1. The number of rotatable bonds is 8. The highest BCUT2D eigenvalue weighted by Gasteiger charge is 2.22. The Bertz CT molecular complexity index is 1100. The van der Waals surface area contributed by atoms with Gasteiger partial charge in [-0.1, -0.05) is 23.2 Å². The van der Waals surface area contributed by atoms with E-state index in [9.17, 15) is 4.79 Å². The fraction of sp³-hybridized carbons (Fsp3) is 0.333. The number of pyridine rings is 2. The summed E-state index contributed by atoms with van der Waals surface area (Å²) in [5.74, 6) is 0.719. The van der Waals surface area contributed by atoms with E-state index in [4.69, 9.17) is 37.4 Å². The van der Waals surface area contributed by atoms with E-state index in [0.29, 0.717) is 42.3 Å². The third kappa shape index (κ3) is 4.11. The third-order valence-electron chi connectivity index (χ3n) is 4.75. The molecule has 3 rings (SSSR count). The SMILES string of the molecule is CNCc1cc2c(cn1)cc(-c1c(Cl)c(OC)cc(OC)c1Cl)c(=O)n2CCOC. The molecule has 9 heteroatoms. The van der Waals surface area contributed by atoms with Gasteiger partial charge in [-0.2, -0.15) is 0 Å². The standard InChI is InChI=1S/C21H23Cl2N3O4/c1-24-11-13-8-15-12(10-25-13)7-14(21(27)26(15)5-6-28-2)18-19(22)16(29-3)9-17(30-4)20(18)23/h7-10,24H,5-6,11H2,1-4H3. The molecule has 0 radical (unpaired) electrons. The highest BCUT2D eigenvalue weighted by Crippen LogP contribution is 2.45. The van der Waals surface area contributed by atoms with Crippen LogP contribution in [0.3, 0.4) is 0 Å². The summed E-state index contributed by atoms with van der Waals surface area (Å²) in [6, 6.07) is 5.22. The van der Waals surface area contributed by atoms with Gasteiger partial charge in [0.1, 0.15) is 11.5 Å². The first-order valence-corrected chi connectivity index (χ1v) is 9.98. The van der Waals surface area contributed by atoms with Gasteiger partial charge in [-0.25, -0.2) is 0 Å². The van der Waals surface area contributed by atoms with Crippen molar-refractivity contribution in [2.24, 2.45) is 0 Å². The summed E-state index contributed by atoms with van der Waals surface area (Å²) in [4.78, 5) is 18.0. The van der Waals surface area contributed by atoms with Gasteiger partial charge in [-0.15, -0.1) is 0 Å². The van der Waals surface area contributed by atoms with E-state index in [1.165, 1.54) is 14.2 Å². The molecule has 2 aromatic heterocycles. The number of fused-ring (bicyclic) bond motifs is 1. The Labute approximate surface area is 184 Å². The summed E-state index contributed by atoms with van der Waals surface area (Å²) in [7, 11) is 6.41. The first-order valence-electron chi connectivity index (χ1n) is 9.23. The summed E-state index contributed by atoms with van der Waals surface area (Å²) in [6.45, 7) is 1.31. The van der Waals surface area contributed by atoms with Crippen molar-refractivity contribution >= 4 is 34.1 Å². The van der Waals surface area contributed by atoms with Gasteiger partial charge in [0, 0.05) is 43.4 Å². The maximum atomic E-state index is 13.5. The van der Waals surface area contributed by atoms with Gasteiger partial charge in [0.2, 0.25) is 0 Å². The lowest BCUT2D eigenvalue weighted by molar-refractivity contribution is 0.187. The molecule has 7 nitrogen and oxygen atoms in total. The fourth-order valence-electron chi connectivity index (χ4n) is 3.30. The molecule has 0 aliphatic rings. The van der Waals surface area contributed by atoms with Crippen LogP contribution in [-0.2, 0) is 17.8 Å². The van der Waals surface area contributed by atoms with E-state index in [2.05, 4.69) is 10.3 Å². The van der Waals surface area contributed by atoms with Crippen molar-refractivity contribution in [3.63, 3.8) is 0 Å². The van der Waals surface area contributed by atoms with Crippen LogP contribution in [-0.4, -0.2) is 44.5 Å². The first kappa shape index (κ1) is 22.4. The summed E-state index contributed by atoms with van der Waals surface area (Å²) in [6.07, 6.45) is 1.73. The average Bonchev–Trinajstić information content (AvgIpc) is 2.74. The molecular formula is C21H23Cl2N3O4. The Morgan fingerprint density at radius 2 is 1.73 bits per heavy atom. The number of hydrogen-bond acceptors (Lipinski definition) is 6. The van der Waals surface area contributed by atoms with Crippen LogP contribution in [0.15, 0.2) is 29.2 Å². The molecular weight excluding hydrogens is 429 g/mol. The van der Waals surface area contributed by atoms with Gasteiger partial charge in [0.15, 0.2) is 0 Å². The lowest BCUT2D eigenvalue weighted by atomic mass is 10.0. The number of aromatic nitrogens is 2. The zero-order chi connectivity index (χ0) is 21.8. The molecule has 1 N–H and O–H groups in total. The van der Waals surface area contributed by atoms with Gasteiger partial charge < -0.3 is 24.1 Å². The molecule has 0 saturated carbocycles. The van der Waals surface area contributed by atoms with Crippen LogP contribution >= 0.6 is 23.2 Å². The van der Waals surface area contributed by atoms with Crippen LogP contribution in [0, 0.1) is 0 Å². The Balaban J connectivity index is 2.37. The van der Waals surface area contributed by atoms with E-state index in [0.717, 1.165) is 16.6 Å². The summed E-state index contributed by atoms with van der Waals surface area (Å²) >= 11 is 13.1. The van der Waals surface area contributed by atoms with Crippen molar-refractivity contribution in [3.8, 4) is 22.6 Å². The van der Waals surface area contributed by atoms with Crippen LogP contribution in [0.25, 0.3) is 22.0 Å². The van der Waals surface area contributed by atoms with Gasteiger partial charge in [0.05, 0.1) is 47.6 Å². The molecule has 0 bridgehead atoms. The minimum Gasteiger partial charge on any atom is -0.495 e. The number of benzene rings is 1. The minimum absolute atomic E-state index is 0.234. The molecule has 0 spiro atoms. The van der Waals surface area contributed by atoms with Gasteiger partial charge >= 0.3 is 0 Å². The molecule has 0 amide bonds. The maximum Gasteiger partial charge on any atom is 0.259 e. The normalized spacial score (nSPS) is 11.1. The molecule has 0 fully saturated rings. The van der Waals surface area contributed by atoms with Crippen molar-refractivity contribution in [2.75, 3.05) is 35.0 Å². The zero-order valence-electron chi connectivity index (χ0n) is 17.2. The molecule has 0 unspecified atom stereocenters. The third-order valence-corrected chi connectivity index (χ3v) is 5.51. The van der Waals surface area contributed by atoms with Gasteiger partial charge in [-0.3, -0.25) is 9.78 Å². The number of halogens is 2. The Morgan fingerprint density at radius 3 is 2.30 bits per heavy atom. The first-order chi connectivity index (χ1) is 14.5. The lowest BCUT2D eigenvalue weighted by Crippen LogP contribution is -2.24. The van der Waals surface area contributed by atoms with Crippen LogP contribution in [0.5, 0.6) is 11.5 Å². The van der Waals surface area contributed by atoms with E-state index < -0.39 is 0 Å². The second-order valence-corrected chi connectivity index (χ2v) is 7.31. The van der Waals surface area contributed by atoms with Crippen molar-refractivity contribution < 1.29 is 14.2 Å².